The number of para-hydroxylation sites is 1. The van der Waals surface area contributed by atoms with Gasteiger partial charge in [-0.15, -0.1) is 0 Å². The first-order valence-corrected chi connectivity index (χ1v) is 8.10. The molecule has 0 radical (unpaired) electrons. The second kappa shape index (κ2) is 8.46. The molecule has 22 heavy (non-hydrogen) atoms. The van der Waals surface area contributed by atoms with Gasteiger partial charge in [-0.2, -0.15) is 0 Å². The minimum Gasteiger partial charge on any atom is -0.395 e. The van der Waals surface area contributed by atoms with Gasteiger partial charge in [-0.05, 0) is 44.9 Å². The lowest BCUT2D eigenvalue weighted by molar-refractivity contribution is 0.0307. The Morgan fingerprint density at radius 2 is 1.86 bits per heavy atom. The first-order chi connectivity index (χ1) is 10.6. The summed E-state index contributed by atoms with van der Waals surface area (Å²) in [5.41, 5.74) is 0.759. The number of likely N-dealkylation sites (N-methyl/N-ethyl adjacent to an activating group) is 1. The maximum Gasteiger partial charge on any atom is 0.146 e. The van der Waals surface area contributed by atoms with E-state index >= 15 is 0 Å². The second-order valence-electron chi connectivity index (χ2n) is 6.14. The highest BCUT2D eigenvalue weighted by Crippen LogP contribution is 2.22. The summed E-state index contributed by atoms with van der Waals surface area (Å²) in [7, 11) is 1.98. The summed E-state index contributed by atoms with van der Waals surface area (Å²) in [6.07, 6.45) is 3.73. The molecule has 4 nitrogen and oxygen atoms in total. The quantitative estimate of drug-likeness (QED) is 0.875. The number of aliphatic hydroxyl groups excluding tert-OH is 2. The van der Waals surface area contributed by atoms with E-state index in [0.717, 1.165) is 31.7 Å². The summed E-state index contributed by atoms with van der Waals surface area (Å²) in [5, 5.41) is 18.0. The molecule has 0 saturated carbocycles. The van der Waals surface area contributed by atoms with E-state index in [1.54, 1.807) is 6.07 Å². The van der Waals surface area contributed by atoms with Crippen LogP contribution in [0.1, 0.15) is 25.7 Å². The molecule has 3 rings (SSSR count). The van der Waals surface area contributed by atoms with Crippen molar-refractivity contribution in [2.75, 3.05) is 38.2 Å². The summed E-state index contributed by atoms with van der Waals surface area (Å²) < 4.78 is 13.2. The van der Waals surface area contributed by atoms with Gasteiger partial charge in [-0.3, -0.25) is 0 Å². The monoisotopic (exact) mass is 310 g/mol. The predicted molar refractivity (Wildman–Crippen MR) is 86.6 cm³/mol. The number of benzene rings is 1. The van der Waals surface area contributed by atoms with Gasteiger partial charge in [-0.1, -0.05) is 12.1 Å². The topological polar surface area (TPSA) is 46.9 Å². The molecule has 0 aliphatic carbocycles. The van der Waals surface area contributed by atoms with E-state index in [9.17, 15) is 9.50 Å². The van der Waals surface area contributed by atoms with Crippen LogP contribution in [0.4, 0.5) is 10.1 Å². The van der Waals surface area contributed by atoms with Gasteiger partial charge in [0.15, 0.2) is 0 Å². The molecule has 0 amide bonds. The van der Waals surface area contributed by atoms with E-state index in [2.05, 4.69) is 9.80 Å². The first-order valence-electron chi connectivity index (χ1n) is 8.10. The lowest BCUT2D eigenvalue weighted by Crippen LogP contribution is -2.43. The fourth-order valence-electron chi connectivity index (χ4n) is 3.03. The van der Waals surface area contributed by atoms with Gasteiger partial charge in [0.2, 0.25) is 0 Å². The fraction of sp³-hybridized carbons (Fsp3) is 0.647. The van der Waals surface area contributed by atoms with Crippen LogP contribution >= 0.6 is 0 Å². The van der Waals surface area contributed by atoms with Crippen LogP contribution in [-0.4, -0.2) is 60.5 Å². The number of likely N-dealkylation sites (tertiary alicyclic amines) is 1. The van der Waals surface area contributed by atoms with Gasteiger partial charge >= 0.3 is 0 Å². The number of halogens is 1. The number of piperidine rings is 1. The zero-order valence-electron chi connectivity index (χ0n) is 13.3. The van der Waals surface area contributed by atoms with Crippen LogP contribution in [0.5, 0.6) is 0 Å². The molecule has 2 heterocycles. The van der Waals surface area contributed by atoms with Crippen molar-refractivity contribution in [3.05, 3.63) is 30.1 Å². The average molecular weight is 310 g/mol. The first kappa shape index (κ1) is 17.2. The third-order valence-corrected chi connectivity index (χ3v) is 4.49. The molecule has 2 aliphatic rings. The summed E-state index contributed by atoms with van der Waals surface area (Å²) in [4.78, 5) is 4.20. The van der Waals surface area contributed by atoms with E-state index in [-0.39, 0.29) is 24.6 Å². The van der Waals surface area contributed by atoms with Crippen LogP contribution in [0.15, 0.2) is 24.3 Å². The Balaban J connectivity index is 0.000000164. The van der Waals surface area contributed by atoms with E-state index in [0.29, 0.717) is 6.42 Å². The average Bonchev–Trinajstić information content (AvgIpc) is 3.05. The molecule has 0 spiro atoms. The molecule has 2 atom stereocenters. The Bertz CT molecular complexity index is 452. The molecule has 2 fully saturated rings. The number of aliphatic hydroxyl groups is 2. The third kappa shape index (κ3) is 4.66. The van der Waals surface area contributed by atoms with Crippen molar-refractivity contribution in [1.82, 2.24) is 4.90 Å². The highest BCUT2D eigenvalue weighted by molar-refractivity contribution is 5.48. The number of rotatable bonds is 2. The van der Waals surface area contributed by atoms with Crippen molar-refractivity contribution >= 4 is 5.69 Å². The van der Waals surface area contributed by atoms with Crippen molar-refractivity contribution in [2.45, 2.75) is 37.8 Å². The molecule has 1 aromatic carbocycles. The minimum atomic E-state index is -0.201. The molecular formula is C17H27FN2O2. The number of hydrogen-bond acceptors (Lipinski definition) is 4. The molecule has 2 unspecified atom stereocenters. The molecule has 0 aromatic heterocycles. The van der Waals surface area contributed by atoms with E-state index < -0.39 is 0 Å². The maximum atomic E-state index is 13.2. The van der Waals surface area contributed by atoms with Gasteiger partial charge in [-0.25, -0.2) is 4.39 Å². The van der Waals surface area contributed by atoms with Crippen molar-refractivity contribution in [3.63, 3.8) is 0 Å². The van der Waals surface area contributed by atoms with Gasteiger partial charge in [0.05, 0.1) is 18.4 Å². The highest BCUT2D eigenvalue weighted by Gasteiger charge is 2.23. The molecule has 5 heteroatoms. The fourth-order valence-corrected chi connectivity index (χ4v) is 3.03. The van der Waals surface area contributed by atoms with Gasteiger partial charge in [0.1, 0.15) is 5.82 Å². The minimum absolute atomic E-state index is 0.0978. The smallest absolute Gasteiger partial charge is 0.146 e. The Labute approximate surface area is 132 Å². The van der Waals surface area contributed by atoms with Crippen LogP contribution in [0.2, 0.25) is 0 Å². The van der Waals surface area contributed by atoms with Gasteiger partial charge in [0, 0.05) is 25.7 Å². The predicted octanol–water partition coefficient (Wildman–Crippen LogP) is 1.86. The molecule has 124 valence electrons. The Kier molecular flexibility index (Phi) is 6.61. The zero-order chi connectivity index (χ0) is 15.9. The number of anilines is 1. The zero-order valence-corrected chi connectivity index (χ0v) is 13.3. The molecule has 2 saturated heterocycles. The summed E-state index contributed by atoms with van der Waals surface area (Å²) in [6, 6.07) is 7.16. The van der Waals surface area contributed by atoms with Crippen LogP contribution in [0.3, 0.4) is 0 Å². The van der Waals surface area contributed by atoms with Gasteiger partial charge in [0.25, 0.3) is 0 Å². The standard InChI is InChI=1S/C10H12FN.C7H15NO2/c11-9-5-1-2-6-10(9)12-7-3-4-8-12;1-8-3-2-7(10)4-6(8)5-9/h1-2,5-6H,3-4,7-8H2;6-7,9-10H,2-5H2,1H3. The highest BCUT2D eigenvalue weighted by atomic mass is 19.1. The third-order valence-electron chi connectivity index (χ3n) is 4.49. The Morgan fingerprint density at radius 1 is 1.18 bits per heavy atom. The largest absolute Gasteiger partial charge is 0.395 e. The number of hydrogen-bond donors (Lipinski definition) is 2. The van der Waals surface area contributed by atoms with Crippen molar-refractivity contribution in [2.24, 2.45) is 0 Å². The number of nitrogens with zero attached hydrogens (tertiary/aromatic N) is 2. The van der Waals surface area contributed by atoms with Crippen LogP contribution in [0.25, 0.3) is 0 Å². The van der Waals surface area contributed by atoms with E-state index in [4.69, 9.17) is 5.11 Å². The SMILES string of the molecule is CN1CCC(O)CC1CO.Fc1ccccc1N1CCCC1. The second-order valence-corrected chi connectivity index (χ2v) is 6.14. The maximum absolute atomic E-state index is 13.2. The molecule has 2 N–H and O–H groups in total. The lowest BCUT2D eigenvalue weighted by Gasteiger charge is -2.33. The normalized spacial score (nSPS) is 25.7. The molecular weight excluding hydrogens is 283 g/mol. The van der Waals surface area contributed by atoms with Crippen LogP contribution in [-0.2, 0) is 0 Å². The Morgan fingerprint density at radius 3 is 2.45 bits per heavy atom. The lowest BCUT2D eigenvalue weighted by atomic mass is 10.0. The van der Waals surface area contributed by atoms with Crippen molar-refractivity contribution < 1.29 is 14.6 Å². The van der Waals surface area contributed by atoms with Crippen LogP contribution < -0.4 is 4.90 Å². The van der Waals surface area contributed by atoms with Gasteiger partial charge < -0.3 is 20.0 Å². The van der Waals surface area contributed by atoms with E-state index in [1.165, 1.54) is 18.9 Å². The van der Waals surface area contributed by atoms with Crippen molar-refractivity contribution in [1.29, 1.82) is 0 Å². The molecule has 1 aromatic rings. The molecule has 0 bridgehead atoms. The van der Waals surface area contributed by atoms with Crippen LogP contribution in [0, 0.1) is 5.82 Å². The Hall–Kier alpha value is -1.17. The summed E-state index contributed by atoms with van der Waals surface area (Å²) in [6.45, 7) is 3.06. The summed E-state index contributed by atoms with van der Waals surface area (Å²) >= 11 is 0. The summed E-state index contributed by atoms with van der Waals surface area (Å²) in [5.74, 6) is -0.0978. The molecule has 2 aliphatic heterocycles. The van der Waals surface area contributed by atoms with Crippen molar-refractivity contribution in [3.8, 4) is 0 Å². The van der Waals surface area contributed by atoms with E-state index in [1.807, 2.05) is 19.2 Å².